The van der Waals surface area contributed by atoms with Crippen molar-refractivity contribution in [3.8, 4) is 0 Å². The molecule has 0 aromatic heterocycles. The maximum atomic E-state index is 13.1. The lowest BCUT2D eigenvalue weighted by molar-refractivity contribution is 0.503. The van der Waals surface area contributed by atoms with Gasteiger partial charge >= 0.3 is 0 Å². The van der Waals surface area contributed by atoms with Gasteiger partial charge in [0.15, 0.2) is 0 Å². The van der Waals surface area contributed by atoms with Crippen LogP contribution in [0.15, 0.2) is 24.8 Å². The molecule has 0 fully saturated rings. The Bertz CT molecular complexity index is 326. The summed E-state index contributed by atoms with van der Waals surface area (Å²) in [6.45, 7) is 3.40. The Morgan fingerprint density at radius 1 is 1.29 bits per heavy atom. The fourth-order valence-corrected chi connectivity index (χ4v) is 1.20. The Hall–Kier alpha value is -1.29. The summed E-state index contributed by atoms with van der Waals surface area (Å²) in [5.74, 6) is -2.87. The quantitative estimate of drug-likeness (QED) is 0.747. The molecular formula is C10H10F3N. The molecule has 0 aliphatic carbocycles. The largest absolute Gasteiger partial charge is 0.324 e. The van der Waals surface area contributed by atoms with Crippen molar-refractivity contribution in [1.82, 2.24) is 0 Å². The summed E-state index contributed by atoms with van der Waals surface area (Å²) in [5.41, 5.74) is 5.18. The van der Waals surface area contributed by atoms with Crippen LogP contribution in [0.2, 0.25) is 0 Å². The molecule has 0 heterocycles. The van der Waals surface area contributed by atoms with Crippen LogP contribution in [0.25, 0.3) is 0 Å². The molecule has 14 heavy (non-hydrogen) atoms. The van der Waals surface area contributed by atoms with Crippen molar-refractivity contribution in [1.29, 1.82) is 0 Å². The Kier molecular flexibility index (Phi) is 3.30. The molecule has 1 nitrogen and oxygen atoms in total. The first-order valence-electron chi connectivity index (χ1n) is 4.07. The van der Waals surface area contributed by atoms with E-state index in [0.29, 0.717) is 12.1 Å². The van der Waals surface area contributed by atoms with Gasteiger partial charge in [-0.2, -0.15) is 0 Å². The van der Waals surface area contributed by atoms with Gasteiger partial charge in [0.2, 0.25) is 0 Å². The number of rotatable bonds is 3. The molecule has 1 unspecified atom stereocenters. The molecule has 0 saturated carbocycles. The third-order valence-electron chi connectivity index (χ3n) is 1.84. The highest BCUT2D eigenvalue weighted by Crippen LogP contribution is 2.22. The zero-order chi connectivity index (χ0) is 10.7. The normalized spacial score (nSPS) is 12.6. The predicted molar refractivity (Wildman–Crippen MR) is 48.1 cm³/mol. The fraction of sp³-hybridized carbons (Fsp3) is 0.200. The van der Waals surface area contributed by atoms with Crippen LogP contribution in [0, 0.1) is 17.5 Å². The molecule has 0 aliphatic rings. The summed E-state index contributed by atoms with van der Waals surface area (Å²) >= 11 is 0. The second kappa shape index (κ2) is 4.28. The average Bonchev–Trinajstić information content (AvgIpc) is 2.01. The minimum absolute atomic E-state index is 0.236. The van der Waals surface area contributed by atoms with Crippen LogP contribution in [0.4, 0.5) is 13.2 Å². The molecular weight excluding hydrogens is 191 g/mol. The van der Waals surface area contributed by atoms with E-state index >= 15 is 0 Å². The molecule has 1 aromatic rings. The third-order valence-corrected chi connectivity index (χ3v) is 1.84. The van der Waals surface area contributed by atoms with Crippen LogP contribution in [0.1, 0.15) is 18.0 Å². The van der Waals surface area contributed by atoms with Crippen molar-refractivity contribution >= 4 is 0 Å². The maximum Gasteiger partial charge on any atom is 0.133 e. The number of benzene rings is 1. The molecule has 0 radical (unpaired) electrons. The molecule has 0 amide bonds. The molecule has 1 rings (SSSR count). The maximum absolute atomic E-state index is 13.1. The van der Waals surface area contributed by atoms with E-state index in [1.165, 1.54) is 6.08 Å². The van der Waals surface area contributed by atoms with Gasteiger partial charge in [0.25, 0.3) is 0 Å². The van der Waals surface area contributed by atoms with Gasteiger partial charge in [-0.05, 0) is 6.42 Å². The smallest absolute Gasteiger partial charge is 0.133 e. The first-order valence-corrected chi connectivity index (χ1v) is 4.07. The molecule has 2 N–H and O–H groups in total. The van der Waals surface area contributed by atoms with Gasteiger partial charge in [-0.1, -0.05) is 6.08 Å². The Morgan fingerprint density at radius 2 is 1.79 bits per heavy atom. The van der Waals surface area contributed by atoms with Gasteiger partial charge < -0.3 is 5.73 Å². The van der Waals surface area contributed by atoms with Crippen molar-refractivity contribution in [2.45, 2.75) is 12.5 Å². The van der Waals surface area contributed by atoms with Crippen molar-refractivity contribution in [3.63, 3.8) is 0 Å². The van der Waals surface area contributed by atoms with Gasteiger partial charge in [-0.3, -0.25) is 0 Å². The first kappa shape index (κ1) is 10.8. The standard InChI is InChI=1S/C10H10F3N/c1-2-3-9(14)10-7(12)4-6(11)5-8(10)13/h2,4-5,9H,1,3,14H2. The summed E-state index contributed by atoms with van der Waals surface area (Å²) in [4.78, 5) is 0. The molecule has 1 aromatic carbocycles. The van der Waals surface area contributed by atoms with E-state index in [4.69, 9.17) is 5.73 Å². The molecule has 76 valence electrons. The predicted octanol–water partition coefficient (Wildman–Crippen LogP) is 2.68. The van der Waals surface area contributed by atoms with E-state index in [-0.39, 0.29) is 12.0 Å². The van der Waals surface area contributed by atoms with Crippen molar-refractivity contribution in [2.75, 3.05) is 0 Å². The lowest BCUT2D eigenvalue weighted by atomic mass is 10.0. The monoisotopic (exact) mass is 201 g/mol. The zero-order valence-electron chi connectivity index (χ0n) is 7.43. The lowest BCUT2D eigenvalue weighted by Crippen LogP contribution is -2.13. The van der Waals surface area contributed by atoms with Gasteiger partial charge in [-0.15, -0.1) is 6.58 Å². The Morgan fingerprint density at radius 3 is 2.21 bits per heavy atom. The van der Waals surface area contributed by atoms with Crippen LogP contribution in [0.3, 0.4) is 0 Å². The van der Waals surface area contributed by atoms with Crippen LogP contribution in [0.5, 0.6) is 0 Å². The van der Waals surface area contributed by atoms with Gasteiger partial charge in [0.05, 0.1) is 0 Å². The lowest BCUT2D eigenvalue weighted by Gasteiger charge is -2.11. The second-order valence-electron chi connectivity index (χ2n) is 2.91. The van der Waals surface area contributed by atoms with Crippen LogP contribution >= 0.6 is 0 Å². The second-order valence-corrected chi connectivity index (χ2v) is 2.91. The molecule has 4 heteroatoms. The van der Waals surface area contributed by atoms with E-state index in [2.05, 4.69) is 6.58 Å². The Balaban J connectivity index is 3.13. The zero-order valence-corrected chi connectivity index (χ0v) is 7.43. The van der Waals surface area contributed by atoms with Gasteiger partial charge in [0.1, 0.15) is 17.5 Å². The third kappa shape index (κ3) is 2.14. The SMILES string of the molecule is C=CCC(N)c1c(F)cc(F)cc1F. The van der Waals surface area contributed by atoms with Gasteiger partial charge in [0, 0.05) is 23.7 Å². The van der Waals surface area contributed by atoms with E-state index in [1.807, 2.05) is 0 Å². The van der Waals surface area contributed by atoms with Gasteiger partial charge in [-0.25, -0.2) is 13.2 Å². The minimum atomic E-state index is -0.961. The van der Waals surface area contributed by atoms with E-state index in [1.54, 1.807) is 0 Å². The summed E-state index contributed by atoms with van der Waals surface area (Å²) in [7, 11) is 0. The molecule has 0 saturated heterocycles. The van der Waals surface area contributed by atoms with Crippen molar-refractivity contribution < 1.29 is 13.2 Å². The van der Waals surface area contributed by atoms with Crippen LogP contribution in [-0.4, -0.2) is 0 Å². The summed E-state index contributed by atoms with van der Waals surface area (Å²) in [5, 5.41) is 0. The first-order chi connectivity index (χ1) is 6.56. The fourth-order valence-electron chi connectivity index (χ4n) is 1.20. The van der Waals surface area contributed by atoms with Crippen LogP contribution in [-0.2, 0) is 0 Å². The number of nitrogens with two attached hydrogens (primary N) is 1. The number of hydrogen-bond acceptors (Lipinski definition) is 1. The summed E-state index contributed by atoms with van der Waals surface area (Å²) in [6.07, 6.45) is 1.69. The van der Waals surface area contributed by atoms with E-state index in [9.17, 15) is 13.2 Å². The minimum Gasteiger partial charge on any atom is -0.324 e. The topological polar surface area (TPSA) is 26.0 Å². The summed E-state index contributed by atoms with van der Waals surface area (Å²) in [6, 6.07) is 0.399. The number of hydrogen-bond donors (Lipinski definition) is 1. The molecule has 0 bridgehead atoms. The van der Waals surface area contributed by atoms with Crippen LogP contribution < -0.4 is 5.73 Å². The Labute approximate surface area is 80.0 Å². The average molecular weight is 201 g/mol. The molecule has 0 aliphatic heterocycles. The number of halogens is 3. The van der Waals surface area contributed by atoms with E-state index < -0.39 is 23.5 Å². The highest BCUT2D eigenvalue weighted by Gasteiger charge is 2.16. The molecule has 0 spiro atoms. The highest BCUT2D eigenvalue weighted by molar-refractivity contribution is 5.24. The molecule has 1 atom stereocenters. The van der Waals surface area contributed by atoms with Crippen molar-refractivity contribution in [2.24, 2.45) is 5.73 Å². The van der Waals surface area contributed by atoms with Crippen molar-refractivity contribution in [3.05, 3.63) is 47.8 Å². The van der Waals surface area contributed by atoms with E-state index in [0.717, 1.165) is 0 Å². The summed E-state index contributed by atoms with van der Waals surface area (Å²) < 4.78 is 38.7. The highest BCUT2D eigenvalue weighted by atomic mass is 19.1.